The molecule has 1 aromatic heterocycles. The smallest absolute Gasteiger partial charge is 0.176 e. The van der Waals surface area contributed by atoms with E-state index < -0.39 is 0 Å². The van der Waals surface area contributed by atoms with E-state index >= 15 is 0 Å². The molecule has 100 valence electrons. The molecule has 2 rings (SSSR count). The number of likely N-dealkylation sites (N-methyl/N-ethyl adjacent to an activating group) is 1. The number of Topliss-reactive ketones (excluding diaryl/α,β-unsaturated/α-hetero) is 1. The number of hydrogen-bond donors (Lipinski definition) is 0. The zero-order chi connectivity index (χ0) is 13.8. The SMILES string of the molecule is Cc1cccc(C(=O)CN(C)Cc2csc(C)n2)c1. The summed E-state index contributed by atoms with van der Waals surface area (Å²) in [5, 5.41) is 3.11. The van der Waals surface area contributed by atoms with Gasteiger partial charge in [0.1, 0.15) is 0 Å². The molecule has 0 amide bonds. The molecule has 1 heterocycles. The van der Waals surface area contributed by atoms with Gasteiger partial charge in [-0.1, -0.05) is 23.8 Å². The second-order valence-electron chi connectivity index (χ2n) is 4.82. The van der Waals surface area contributed by atoms with Crippen LogP contribution in [0.2, 0.25) is 0 Å². The van der Waals surface area contributed by atoms with Crippen LogP contribution < -0.4 is 0 Å². The highest BCUT2D eigenvalue weighted by molar-refractivity contribution is 7.09. The second-order valence-corrected chi connectivity index (χ2v) is 5.89. The summed E-state index contributed by atoms with van der Waals surface area (Å²) in [6.45, 7) is 5.12. The summed E-state index contributed by atoms with van der Waals surface area (Å²) in [6.07, 6.45) is 0. The predicted octanol–water partition coefficient (Wildman–Crippen LogP) is 3.07. The molecule has 2 aromatic rings. The highest BCUT2D eigenvalue weighted by atomic mass is 32.1. The minimum atomic E-state index is 0.151. The molecule has 0 fully saturated rings. The van der Waals surface area contributed by atoms with Gasteiger partial charge >= 0.3 is 0 Å². The van der Waals surface area contributed by atoms with Gasteiger partial charge in [-0.2, -0.15) is 0 Å². The van der Waals surface area contributed by atoms with Crippen molar-refractivity contribution in [1.82, 2.24) is 9.88 Å². The van der Waals surface area contributed by atoms with Gasteiger partial charge in [-0.05, 0) is 27.0 Å². The molecule has 0 spiro atoms. The third-order valence-electron chi connectivity index (χ3n) is 2.85. The molecule has 4 heteroatoms. The molecule has 0 bridgehead atoms. The number of benzene rings is 1. The lowest BCUT2D eigenvalue weighted by molar-refractivity contribution is 0.0942. The van der Waals surface area contributed by atoms with Crippen LogP contribution in [-0.4, -0.2) is 29.3 Å². The van der Waals surface area contributed by atoms with Crippen molar-refractivity contribution in [3.05, 3.63) is 51.5 Å². The lowest BCUT2D eigenvalue weighted by Gasteiger charge is -2.14. The second kappa shape index (κ2) is 6.08. The van der Waals surface area contributed by atoms with Crippen molar-refractivity contribution in [2.45, 2.75) is 20.4 Å². The monoisotopic (exact) mass is 274 g/mol. The summed E-state index contributed by atoms with van der Waals surface area (Å²) >= 11 is 1.64. The Morgan fingerprint density at radius 1 is 1.37 bits per heavy atom. The van der Waals surface area contributed by atoms with Crippen LogP contribution in [0.4, 0.5) is 0 Å². The van der Waals surface area contributed by atoms with Gasteiger partial charge in [0.2, 0.25) is 0 Å². The minimum Gasteiger partial charge on any atom is -0.293 e. The standard InChI is InChI=1S/C15H18N2OS/c1-11-5-4-6-13(7-11)15(18)9-17(3)8-14-10-19-12(2)16-14/h4-7,10H,8-9H2,1-3H3. The lowest BCUT2D eigenvalue weighted by Crippen LogP contribution is -2.25. The number of hydrogen-bond acceptors (Lipinski definition) is 4. The average molecular weight is 274 g/mol. The molecule has 19 heavy (non-hydrogen) atoms. The van der Waals surface area contributed by atoms with Crippen molar-refractivity contribution in [2.24, 2.45) is 0 Å². The Kier molecular flexibility index (Phi) is 4.45. The van der Waals surface area contributed by atoms with Gasteiger partial charge in [-0.25, -0.2) is 4.98 Å². The first-order chi connectivity index (χ1) is 9.04. The van der Waals surface area contributed by atoms with Crippen LogP contribution in [0.15, 0.2) is 29.6 Å². The lowest BCUT2D eigenvalue weighted by atomic mass is 10.1. The summed E-state index contributed by atoms with van der Waals surface area (Å²) in [5.74, 6) is 0.151. The Balaban J connectivity index is 1.95. The van der Waals surface area contributed by atoms with Crippen molar-refractivity contribution >= 4 is 17.1 Å². The van der Waals surface area contributed by atoms with Crippen LogP contribution in [0.5, 0.6) is 0 Å². The van der Waals surface area contributed by atoms with E-state index in [-0.39, 0.29) is 5.78 Å². The zero-order valence-electron chi connectivity index (χ0n) is 11.5. The maximum absolute atomic E-state index is 12.1. The number of aromatic nitrogens is 1. The van der Waals surface area contributed by atoms with E-state index in [1.54, 1.807) is 11.3 Å². The van der Waals surface area contributed by atoms with E-state index in [2.05, 4.69) is 4.98 Å². The van der Waals surface area contributed by atoms with Gasteiger partial charge in [-0.15, -0.1) is 11.3 Å². The molecule has 1 aromatic carbocycles. The third kappa shape index (κ3) is 3.98. The summed E-state index contributed by atoms with van der Waals surface area (Å²) in [7, 11) is 1.95. The molecular weight excluding hydrogens is 256 g/mol. The van der Waals surface area contributed by atoms with Gasteiger partial charge < -0.3 is 0 Å². The average Bonchev–Trinajstić information content (AvgIpc) is 2.74. The summed E-state index contributed by atoms with van der Waals surface area (Å²) in [4.78, 5) is 18.6. The van der Waals surface area contributed by atoms with Crippen molar-refractivity contribution in [2.75, 3.05) is 13.6 Å². The van der Waals surface area contributed by atoms with Crippen molar-refractivity contribution in [3.63, 3.8) is 0 Å². The number of carbonyl (C=O) groups excluding carboxylic acids is 1. The van der Waals surface area contributed by atoms with Crippen LogP contribution in [0, 0.1) is 13.8 Å². The molecule has 0 N–H and O–H groups in total. The first-order valence-corrected chi connectivity index (χ1v) is 7.12. The van der Waals surface area contributed by atoms with E-state index in [4.69, 9.17) is 0 Å². The normalized spacial score (nSPS) is 10.9. The highest BCUT2D eigenvalue weighted by Gasteiger charge is 2.10. The highest BCUT2D eigenvalue weighted by Crippen LogP contribution is 2.11. The van der Waals surface area contributed by atoms with Gasteiger partial charge in [-0.3, -0.25) is 9.69 Å². The molecule has 0 radical (unpaired) electrons. The summed E-state index contributed by atoms with van der Waals surface area (Å²) in [6, 6.07) is 7.73. The fourth-order valence-electron chi connectivity index (χ4n) is 1.97. The fourth-order valence-corrected chi connectivity index (χ4v) is 2.57. The van der Waals surface area contributed by atoms with Gasteiger partial charge in [0.25, 0.3) is 0 Å². The Bertz CT molecular complexity index is 577. The molecule has 0 atom stereocenters. The van der Waals surface area contributed by atoms with E-state index in [1.165, 1.54) is 0 Å². The van der Waals surface area contributed by atoms with Crippen LogP contribution in [0.3, 0.4) is 0 Å². The number of thiazole rings is 1. The van der Waals surface area contributed by atoms with Crippen LogP contribution >= 0.6 is 11.3 Å². The topological polar surface area (TPSA) is 33.2 Å². The van der Waals surface area contributed by atoms with Crippen LogP contribution in [0.1, 0.15) is 26.6 Å². The Labute approximate surface area is 117 Å². The van der Waals surface area contributed by atoms with E-state index in [0.29, 0.717) is 13.1 Å². The molecule has 0 saturated heterocycles. The molecule has 0 aliphatic heterocycles. The minimum absolute atomic E-state index is 0.151. The number of ketones is 1. The molecule has 0 aliphatic carbocycles. The molecule has 0 unspecified atom stereocenters. The largest absolute Gasteiger partial charge is 0.293 e. The molecule has 0 saturated carbocycles. The molecule has 3 nitrogen and oxygen atoms in total. The van der Waals surface area contributed by atoms with Crippen molar-refractivity contribution < 1.29 is 4.79 Å². The summed E-state index contributed by atoms with van der Waals surface area (Å²) < 4.78 is 0. The maximum Gasteiger partial charge on any atom is 0.176 e. The van der Waals surface area contributed by atoms with Gasteiger partial charge in [0.15, 0.2) is 5.78 Å². The van der Waals surface area contributed by atoms with E-state index in [0.717, 1.165) is 21.8 Å². The zero-order valence-corrected chi connectivity index (χ0v) is 12.3. The number of rotatable bonds is 5. The van der Waals surface area contributed by atoms with Crippen LogP contribution in [-0.2, 0) is 6.54 Å². The predicted molar refractivity (Wildman–Crippen MR) is 78.7 cm³/mol. The van der Waals surface area contributed by atoms with Crippen LogP contribution in [0.25, 0.3) is 0 Å². The van der Waals surface area contributed by atoms with Crippen molar-refractivity contribution in [1.29, 1.82) is 0 Å². The van der Waals surface area contributed by atoms with Gasteiger partial charge in [0, 0.05) is 17.5 Å². The number of aryl methyl sites for hydroxylation is 2. The Morgan fingerprint density at radius 2 is 2.16 bits per heavy atom. The maximum atomic E-state index is 12.1. The number of carbonyl (C=O) groups is 1. The van der Waals surface area contributed by atoms with E-state index in [1.807, 2.05) is 55.4 Å². The summed E-state index contributed by atoms with van der Waals surface area (Å²) in [5.41, 5.74) is 2.92. The fraction of sp³-hybridized carbons (Fsp3) is 0.333. The first kappa shape index (κ1) is 13.9. The Morgan fingerprint density at radius 3 is 2.79 bits per heavy atom. The van der Waals surface area contributed by atoms with Gasteiger partial charge in [0.05, 0.1) is 17.2 Å². The molecular formula is C15H18N2OS. The quantitative estimate of drug-likeness (QED) is 0.786. The van der Waals surface area contributed by atoms with Crippen molar-refractivity contribution in [3.8, 4) is 0 Å². The first-order valence-electron chi connectivity index (χ1n) is 6.24. The number of nitrogens with zero attached hydrogens (tertiary/aromatic N) is 2. The Hall–Kier alpha value is -1.52. The molecule has 0 aliphatic rings. The third-order valence-corrected chi connectivity index (χ3v) is 3.67. The van der Waals surface area contributed by atoms with E-state index in [9.17, 15) is 4.79 Å².